The Balaban J connectivity index is 1.94. The molecule has 0 aromatic heterocycles. The fourth-order valence-corrected chi connectivity index (χ4v) is 1.47. The molecule has 1 aromatic carbocycles. The van der Waals surface area contributed by atoms with E-state index in [1.807, 2.05) is 30.3 Å². The normalized spacial score (nSPS) is 26.9. The molecule has 0 N–H and O–H groups in total. The van der Waals surface area contributed by atoms with Crippen molar-refractivity contribution < 1.29 is 18.3 Å². The first-order chi connectivity index (χ1) is 7.27. The van der Waals surface area contributed by atoms with Crippen molar-refractivity contribution in [2.75, 3.05) is 13.2 Å². The van der Waals surface area contributed by atoms with E-state index in [-0.39, 0.29) is 13.2 Å². The van der Waals surface area contributed by atoms with Crippen LogP contribution in [0.2, 0.25) is 0 Å². The predicted octanol–water partition coefficient (Wildman–Crippen LogP) is 2.61. The van der Waals surface area contributed by atoms with E-state index in [1.54, 1.807) is 0 Å². The average Bonchev–Trinajstić information content (AvgIpc) is 2.30. The highest BCUT2D eigenvalue weighted by Gasteiger charge is 2.29. The summed E-state index contributed by atoms with van der Waals surface area (Å²) in [5.41, 5.74) is 0.866. The van der Waals surface area contributed by atoms with Crippen LogP contribution >= 0.6 is 0 Å². The molecule has 1 aromatic rings. The van der Waals surface area contributed by atoms with Crippen LogP contribution < -0.4 is 0 Å². The Morgan fingerprint density at radius 1 is 1.07 bits per heavy atom. The quantitative estimate of drug-likeness (QED) is 0.753. The van der Waals surface area contributed by atoms with Gasteiger partial charge in [0.1, 0.15) is 0 Å². The number of hydrogen-bond acceptors (Lipinski definition) is 2. The molecule has 2 rings (SSSR count). The third kappa shape index (κ3) is 2.52. The van der Waals surface area contributed by atoms with Crippen LogP contribution in [0.15, 0.2) is 30.3 Å². The fraction of sp³-hybridized carbons (Fsp3) is 0.455. The average molecular weight is 214 g/mol. The molecule has 82 valence electrons. The standard InChI is InChI=1S/C11H12F2O2/c12-10(13)9-6-14-11(15-7-9)8-4-2-1-3-5-8/h1-5,9-11H,6-7H2. The van der Waals surface area contributed by atoms with E-state index in [4.69, 9.17) is 9.47 Å². The highest BCUT2D eigenvalue weighted by Crippen LogP contribution is 2.27. The summed E-state index contributed by atoms with van der Waals surface area (Å²) in [6.45, 7) is 0.106. The molecule has 1 aliphatic rings. The summed E-state index contributed by atoms with van der Waals surface area (Å²) in [6, 6.07) is 9.32. The molecule has 1 aliphatic heterocycles. The van der Waals surface area contributed by atoms with E-state index >= 15 is 0 Å². The second kappa shape index (κ2) is 4.68. The van der Waals surface area contributed by atoms with E-state index in [0.29, 0.717) is 0 Å². The third-order valence-electron chi connectivity index (χ3n) is 2.35. The fourth-order valence-electron chi connectivity index (χ4n) is 1.47. The van der Waals surface area contributed by atoms with Crippen molar-refractivity contribution >= 4 is 0 Å². The van der Waals surface area contributed by atoms with Gasteiger partial charge in [0.25, 0.3) is 0 Å². The monoisotopic (exact) mass is 214 g/mol. The SMILES string of the molecule is FC(F)C1COC(c2ccccc2)OC1. The summed E-state index contributed by atoms with van der Waals surface area (Å²) in [6.07, 6.45) is -2.87. The first-order valence-corrected chi connectivity index (χ1v) is 4.83. The number of benzene rings is 1. The third-order valence-corrected chi connectivity index (χ3v) is 2.35. The van der Waals surface area contributed by atoms with E-state index in [9.17, 15) is 8.78 Å². The molecule has 1 fully saturated rings. The summed E-state index contributed by atoms with van der Waals surface area (Å²) in [4.78, 5) is 0. The Kier molecular flexibility index (Phi) is 3.28. The summed E-state index contributed by atoms with van der Waals surface area (Å²) in [5.74, 6) is -0.801. The van der Waals surface area contributed by atoms with Gasteiger partial charge in [0, 0.05) is 5.56 Å². The molecule has 0 radical (unpaired) electrons. The number of halogens is 2. The molecule has 1 saturated heterocycles. The minimum Gasteiger partial charge on any atom is -0.348 e. The Labute approximate surface area is 86.8 Å². The Hall–Kier alpha value is -1.00. The Morgan fingerprint density at radius 2 is 1.67 bits per heavy atom. The highest BCUT2D eigenvalue weighted by atomic mass is 19.3. The van der Waals surface area contributed by atoms with Gasteiger partial charge in [-0.2, -0.15) is 0 Å². The molecule has 0 aliphatic carbocycles. The molecular weight excluding hydrogens is 202 g/mol. The summed E-state index contributed by atoms with van der Waals surface area (Å²) in [7, 11) is 0. The van der Waals surface area contributed by atoms with Gasteiger partial charge in [-0.05, 0) is 0 Å². The molecule has 15 heavy (non-hydrogen) atoms. The van der Waals surface area contributed by atoms with Crippen molar-refractivity contribution in [3.05, 3.63) is 35.9 Å². The lowest BCUT2D eigenvalue weighted by molar-refractivity contribution is -0.222. The van der Waals surface area contributed by atoms with Crippen LogP contribution in [-0.2, 0) is 9.47 Å². The number of rotatable bonds is 2. The zero-order chi connectivity index (χ0) is 10.7. The van der Waals surface area contributed by atoms with Crippen molar-refractivity contribution in [2.24, 2.45) is 5.92 Å². The molecule has 2 nitrogen and oxygen atoms in total. The maximum atomic E-state index is 12.3. The van der Waals surface area contributed by atoms with Crippen molar-refractivity contribution in [3.8, 4) is 0 Å². The number of ether oxygens (including phenoxy) is 2. The smallest absolute Gasteiger partial charge is 0.245 e. The maximum absolute atomic E-state index is 12.3. The van der Waals surface area contributed by atoms with Crippen LogP contribution in [0, 0.1) is 5.92 Å². The topological polar surface area (TPSA) is 18.5 Å². The minimum absolute atomic E-state index is 0.0528. The zero-order valence-electron chi connectivity index (χ0n) is 8.11. The van der Waals surface area contributed by atoms with E-state index in [0.717, 1.165) is 5.56 Å². The van der Waals surface area contributed by atoms with Gasteiger partial charge in [-0.3, -0.25) is 0 Å². The minimum atomic E-state index is -2.37. The van der Waals surface area contributed by atoms with Gasteiger partial charge in [0.15, 0.2) is 6.29 Å². The van der Waals surface area contributed by atoms with Crippen molar-refractivity contribution in [2.45, 2.75) is 12.7 Å². The lowest BCUT2D eigenvalue weighted by Gasteiger charge is -2.29. The van der Waals surface area contributed by atoms with Crippen LogP contribution in [-0.4, -0.2) is 19.6 Å². The van der Waals surface area contributed by atoms with E-state index < -0.39 is 18.6 Å². The first kappa shape index (κ1) is 10.5. The van der Waals surface area contributed by atoms with Crippen LogP contribution in [0.5, 0.6) is 0 Å². The maximum Gasteiger partial charge on any atom is 0.245 e. The predicted molar refractivity (Wildman–Crippen MR) is 50.6 cm³/mol. The highest BCUT2D eigenvalue weighted by molar-refractivity contribution is 5.16. The molecule has 0 amide bonds. The molecule has 0 saturated carbocycles. The van der Waals surface area contributed by atoms with Crippen LogP contribution in [0.25, 0.3) is 0 Å². The Bertz CT molecular complexity index is 295. The van der Waals surface area contributed by atoms with Gasteiger partial charge < -0.3 is 9.47 Å². The van der Waals surface area contributed by atoms with Crippen molar-refractivity contribution in [3.63, 3.8) is 0 Å². The van der Waals surface area contributed by atoms with Crippen LogP contribution in [0.4, 0.5) is 8.78 Å². The van der Waals surface area contributed by atoms with Gasteiger partial charge in [0.05, 0.1) is 19.1 Å². The number of hydrogen-bond donors (Lipinski definition) is 0. The van der Waals surface area contributed by atoms with Crippen LogP contribution in [0.3, 0.4) is 0 Å². The molecule has 4 heteroatoms. The summed E-state index contributed by atoms with van der Waals surface area (Å²) >= 11 is 0. The molecule has 0 bridgehead atoms. The van der Waals surface area contributed by atoms with Gasteiger partial charge >= 0.3 is 0 Å². The lowest BCUT2D eigenvalue weighted by Crippen LogP contribution is -2.31. The van der Waals surface area contributed by atoms with Crippen molar-refractivity contribution in [1.29, 1.82) is 0 Å². The molecule has 0 spiro atoms. The van der Waals surface area contributed by atoms with Gasteiger partial charge in [0.2, 0.25) is 6.43 Å². The van der Waals surface area contributed by atoms with E-state index in [1.165, 1.54) is 0 Å². The van der Waals surface area contributed by atoms with Gasteiger partial charge in [-0.15, -0.1) is 0 Å². The second-order valence-electron chi connectivity index (χ2n) is 3.50. The van der Waals surface area contributed by atoms with Crippen molar-refractivity contribution in [1.82, 2.24) is 0 Å². The van der Waals surface area contributed by atoms with E-state index in [2.05, 4.69) is 0 Å². The molecule has 0 unspecified atom stereocenters. The van der Waals surface area contributed by atoms with Crippen LogP contribution in [0.1, 0.15) is 11.9 Å². The molecular formula is C11H12F2O2. The van der Waals surface area contributed by atoms with Gasteiger partial charge in [-0.25, -0.2) is 8.78 Å². The first-order valence-electron chi connectivity index (χ1n) is 4.83. The molecule has 0 atom stereocenters. The largest absolute Gasteiger partial charge is 0.348 e. The van der Waals surface area contributed by atoms with Gasteiger partial charge in [-0.1, -0.05) is 30.3 Å². The number of alkyl halides is 2. The lowest BCUT2D eigenvalue weighted by atomic mass is 10.1. The summed E-state index contributed by atoms with van der Waals surface area (Å²) in [5, 5.41) is 0. The Morgan fingerprint density at radius 3 is 2.20 bits per heavy atom. The zero-order valence-corrected chi connectivity index (χ0v) is 8.11. The molecule has 1 heterocycles. The summed E-state index contributed by atoms with van der Waals surface area (Å²) < 4.78 is 35.1. The second-order valence-corrected chi connectivity index (χ2v) is 3.50.